The van der Waals surface area contributed by atoms with Crippen LogP contribution in [0.5, 0.6) is 0 Å². The van der Waals surface area contributed by atoms with Gasteiger partial charge in [-0.1, -0.05) is 138 Å². The summed E-state index contributed by atoms with van der Waals surface area (Å²) >= 11 is 46.2. The molecule has 12 aromatic heterocycles. The Morgan fingerprint density at radius 2 is 0.431 bits per heavy atom. The maximum absolute atomic E-state index is 4.33. The van der Waals surface area contributed by atoms with E-state index >= 15 is 0 Å². The van der Waals surface area contributed by atoms with E-state index in [1.165, 1.54) is 132 Å². The van der Waals surface area contributed by atoms with Crippen molar-refractivity contribution in [1.82, 2.24) is 0 Å². The fraction of sp³-hybridized carbons (Fsp3) is 0.240. The van der Waals surface area contributed by atoms with Gasteiger partial charge in [0.2, 0.25) is 0 Å². The molecule has 13 heterocycles. The Hall–Kier alpha value is 1.19. The van der Waals surface area contributed by atoms with Crippen LogP contribution in [0.2, 0.25) is 78.6 Å². The summed E-state index contributed by atoms with van der Waals surface area (Å²) in [6.07, 6.45) is 0. The van der Waals surface area contributed by atoms with Crippen molar-refractivity contribution >= 4 is 349 Å². The molecule has 0 atom stereocenters. The zero-order chi connectivity index (χ0) is 50.6. The van der Waals surface area contributed by atoms with Gasteiger partial charge in [-0.3, -0.25) is 0 Å². The Bertz CT molecular complexity index is 3830. The molecule has 22 heteroatoms. The van der Waals surface area contributed by atoms with Crippen LogP contribution in [0.25, 0.3) is 97.5 Å². The first kappa shape index (κ1) is 52.6. The molecule has 14 rings (SSSR count). The predicted molar refractivity (Wildman–Crippen MR) is 376 cm³/mol. The highest BCUT2D eigenvalue weighted by molar-refractivity contribution is 9.11. The minimum atomic E-state index is -1.61. The molecule has 1 aliphatic heterocycles. The van der Waals surface area contributed by atoms with E-state index in [4.69, 9.17) is 0 Å². The molecule has 0 saturated heterocycles. The van der Waals surface area contributed by atoms with Gasteiger partial charge < -0.3 is 0 Å². The van der Waals surface area contributed by atoms with Crippen LogP contribution in [0.3, 0.4) is 0 Å². The lowest BCUT2D eigenvalue weighted by molar-refractivity contribution is 1.58. The summed E-state index contributed by atoms with van der Waals surface area (Å²) < 4.78 is 29.3. The molecule has 0 radical (unpaired) electrons. The molecule has 72 heavy (non-hydrogen) atoms. The first-order valence-electron chi connectivity index (χ1n) is 23.0. The average molecular weight is 1520 g/mol. The second-order valence-electron chi connectivity index (χ2n) is 22.1. The Kier molecular flexibility index (Phi) is 13.4. The fourth-order valence-corrected chi connectivity index (χ4v) is 50.5. The highest BCUT2D eigenvalue weighted by Gasteiger charge is 2.39. The number of hydrogen-bond donors (Lipinski definition) is 0. The van der Waals surface area contributed by atoms with Crippen molar-refractivity contribution < 1.29 is 0 Å². The smallest absolute Gasteiger partial charge is 0.0920 e. The monoisotopic (exact) mass is 1520 g/mol. The molecule has 370 valence electrons. The van der Waals surface area contributed by atoms with Crippen LogP contribution in [-0.4, -0.2) is 32.3 Å². The third-order valence-electron chi connectivity index (χ3n) is 12.6. The second kappa shape index (κ2) is 18.4. The number of rotatable bonds is 4. The van der Waals surface area contributed by atoms with Gasteiger partial charge in [-0.2, -0.15) is 0 Å². The molecule has 0 bridgehead atoms. The molecule has 0 aliphatic carbocycles. The van der Waals surface area contributed by atoms with E-state index in [0.29, 0.717) is 0 Å². The van der Waals surface area contributed by atoms with E-state index in [1.54, 1.807) is 18.0 Å². The summed E-state index contributed by atoms with van der Waals surface area (Å²) in [5.41, 5.74) is 5.90. The Morgan fingerprint density at radius 1 is 0.250 bits per heavy atom. The van der Waals surface area contributed by atoms with Gasteiger partial charge in [0.15, 0.2) is 0 Å². The summed E-state index contributed by atoms with van der Waals surface area (Å²) in [6.45, 7) is 30.1. The van der Waals surface area contributed by atoms with E-state index in [2.05, 4.69) is 257 Å². The van der Waals surface area contributed by atoms with Crippen LogP contribution in [0.15, 0.2) is 71.1 Å². The predicted octanol–water partition coefficient (Wildman–Crippen LogP) is 24.5. The summed E-state index contributed by atoms with van der Waals surface area (Å²) in [4.78, 5) is 0. The second-order valence-corrected chi connectivity index (χ2v) is 64.1. The minimum absolute atomic E-state index is 1.36. The molecule has 0 nitrogen and oxygen atoms in total. The minimum Gasteiger partial charge on any atom is -0.133 e. The van der Waals surface area contributed by atoms with Gasteiger partial charge in [-0.25, -0.2) is 0 Å². The highest BCUT2D eigenvalue weighted by atomic mass is 79.9. The standard InChI is InChI=1S/C44H36Br4S14Si4.C6H6/c1-63(2,3)41-25(45)21-17-13-14-18-22-26(46)42(64(4,5)6)60-38(22)56-34(18)52-30(14)50-32-16(20-24-28(48)44(66(10,11)12)62-40(24)58-36(20)54-32)15-19-23-27(47)43(65(7,8)9)61-39(23)57-35(19)53-31(15)49-29(13)51-33(17)55-37(21)59-41;1-2-4-6-5-3-1/h1-12H3;1-6H. The maximum atomic E-state index is 4.33. The molecule has 0 N–H and O–H groups in total. The highest BCUT2D eigenvalue weighted by Crippen LogP contribution is 2.67. The van der Waals surface area contributed by atoms with Crippen LogP contribution >= 0.6 is 223 Å². The van der Waals surface area contributed by atoms with Crippen molar-refractivity contribution in [1.29, 1.82) is 0 Å². The molecular formula is C50H42Br4S14Si4. The van der Waals surface area contributed by atoms with Gasteiger partial charge in [0.25, 0.3) is 0 Å². The first-order chi connectivity index (χ1) is 33.9. The van der Waals surface area contributed by atoms with E-state index in [-0.39, 0.29) is 0 Å². The quantitative estimate of drug-likeness (QED) is 0.161. The first-order valence-corrected chi connectivity index (χ1v) is 51.6. The van der Waals surface area contributed by atoms with Crippen molar-refractivity contribution in [3.05, 3.63) is 54.3 Å². The zero-order valence-corrected chi connectivity index (χ0v) is 62.5. The number of halogens is 4. The lowest BCUT2D eigenvalue weighted by atomic mass is 10.0. The van der Waals surface area contributed by atoms with Crippen molar-refractivity contribution in [2.45, 2.75) is 95.4 Å². The fourth-order valence-electron chi connectivity index (χ4n) is 9.47. The van der Waals surface area contributed by atoms with Crippen molar-refractivity contribution in [3.8, 4) is 22.3 Å². The third-order valence-corrected chi connectivity index (χ3v) is 50.3. The van der Waals surface area contributed by atoms with Crippen LogP contribution in [0.1, 0.15) is 0 Å². The molecule has 0 fully saturated rings. The van der Waals surface area contributed by atoms with Gasteiger partial charge in [-0.15, -0.1) is 136 Å². The van der Waals surface area contributed by atoms with Gasteiger partial charge in [0.05, 0.1) is 81.2 Å². The molecule has 0 spiro atoms. The van der Waals surface area contributed by atoms with E-state index in [9.17, 15) is 0 Å². The molecule has 0 saturated carbocycles. The lowest BCUT2D eigenvalue weighted by Gasteiger charge is -2.15. The number of fused-ring (bicyclic) bond motifs is 22. The summed E-state index contributed by atoms with van der Waals surface area (Å²) in [6, 6.07) is 12.0. The van der Waals surface area contributed by atoms with E-state index < -0.39 is 32.3 Å². The van der Waals surface area contributed by atoms with Crippen molar-refractivity contribution in [3.63, 3.8) is 0 Å². The van der Waals surface area contributed by atoms with Gasteiger partial charge in [0, 0.05) is 101 Å². The van der Waals surface area contributed by atoms with Crippen LogP contribution in [-0.2, 0) is 0 Å². The van der Waals surface area contributed by atoms with E-state index in [0.717, 1.165) is 0 Å². The van der Waals surface area contributed by atoms with Crippen molar-refractivity contribution in [2.24, 2.45) is 0 Å². The normalized spacial score (nSPS) is 14.0. The van der Waals surface area contributed by atoms with Crippen molar-refractivity contribution in [2.75, 3.05) is 0 Å². The largest absolute Gasteiger partial charge is 0.133 e. The average Bonchev–Trinajstić information content (AvgIpc) is 4.13. The Balaban J connectivity index is 0.000000785. The van der Waals surface area contributed by atoms with Crippen LogP contribution in [0, 0.1) is 0 Å². The molecule has 1 aliphatic rings. The third kappa shape index (κ3) is 8.17. The van der Waals surface area contributed by atoms with Gasteiger partial charge >= 0.3 is 0 Å². The number of hydrogen-bond acceptors (Lipinski definition) is 14. The Labute approximate surface area is 512 Å². The Morgan fingerprint density at radius 3 is 0.611 bits per heavy atom. The molecule has 0 amide bonds. The SMILES string of the molecule is C[Si](C)(C)c1sc2sc3sc4c(c3c2c1Br)-c1c(sc2sc3sc([Si](C)(C)C)c(Br)c3c12)Sc1sc2sc3sc([Si](C)(C)C)c(Br)c3c2c1-c1c(sc2sc3sc([Si](C)(C)C)c(Br)c3c12)S4.c1ccccc1. The van der Waals surface area contributed by atoms with Crippen LogP contribution in [0.4, 0.5) is 0 Å². The topological polar surface area (TPSA) is 0 Å². The summed E-state index contributed by atoms with van der Waals surface area (Å²) in [5, 5.41) is 11.7. The molecule has 0 unspecified atom stereocenters. The number of benzene rings is 1. The van der Waals surface area contributed by atoms with Gasteiger partial charge in [0.1, 0.15) is 0 Å². The zero-order valence-electron chi connectivity index (χ0n) is 40.7. The summed E-state index contributed by atoms with van der Waals surface area (Å²) in [5.74, 6) is 0. The summed E-state index contributed by atoms with van der Waals surface area (Å²) in [7, 11) is -6.44. The van der Waals surface area contributed by atoms with E-state index in [1.807, 2.05) is 81.7 Å². The molecule has 13 aromatic rings. The van der Waals surface area contributed by atoms with Crippen LogP contribution < -0.4 is 18.0 Å². The molecular weight excluding hydrogens is 1480 g/mol. The maximum Gasteiger partial charge on any atom is 0.0920 e. The molecule has 1 aromatic carbocycles. The van der Waals surface area contributed by atoms with Gasteiger partial charge in [-0.05, 0) is 63.7 Å². The number of thiophene rings is 12. The lowest BCUT2D eigenvalue weighted by Crippen LogP contribution is -2.35.